The molecule has 1 aromatic heterocycles. The normalized spacial score (nSPS) is 10.5. The lowest BCUT2D eigenvalue weighted by Crippen LogP contribution is -2.25. The molecule has 0 aliphatic rings. The topological polar surface area (TPSA) is 51.2 Å². The Labute approximate surface area is 151 Å². The summed E-state index contributed by atoms with van der Waals surface area (Å²) in [4.78, 5) is 16.8. The van der Waals surface area contributed by atoms with E-state index in [9.17, 15) is 4.79 Å². The highest BCUT2D eigenvalue weighted by atomic mass is 32.1. The number of hydrogen-bond acceptors (Lipinski definition) is 4. The van der Waals surface area contributed by atoms with E-state index in [1.54, 1.807) is 18.4 Å². The second-order valence-electron chi connectivity index (χ2n) is 5.75. The predicted octanol–water partition coefficient (Wildman–Crippen LogP) is 4.10. The Morgan fingerprint density at radius 2 is 2.04 bits per heavy atom. The van der Waals surface area contributed by atoms with Crippen molar-refractivity contribution in [3.05, 3.63) is 70.7 Å². The molecule has 0 radical (unpaired) electrons. The number of methoxy groups -OCH3 is 1. The number of amides is 1. The Kier molecular flexibility index (Phi) is 5.46. The molecule has 3 rings (SSSR count). The van der Waals surface area contributed by atoms with E-state index < -0.39 is 0 Å². The van der Waals surface area contributed by atoms with Crippen molar-refractivity contribution < 1.29 is 9.53 Å². The fourth-order valence-corrected chi connectivity index (χ4v) is 3.35. The first-order valence-electron chi connectivity index (χ1n) is 8.09. The van der Waals surface area contributed by atoms with Crippen LogP contribution in [-0.2, 0) is 6.42 Å². The van der Waals surface area contributed by atoms with Gasteiger partial charge in [-0.15, -0.1) is 11.3 Å². The second kappa shape index (κ2) is 7.94. The number of carbonyl (C=O) groups excluding carboxylic acids is 1. The Morgan fingerprint density at radius 3 is 2.84 bits per heavy atom. The lowest BCUT2D eigenvalue weighted by molar-refractivity contribution is 0.0954. The fraction of sp³-hybridized carbons (Fsp3) is 0.200. The van der Waals surface area contributed by atoms with Crippen LogP contribution in [0.5, 0.6) is 5.75 Å². The lowest BCUT2D eigenvalue weighted by atomic mass is 10.1. The first kappa shape index (κ1) is 17.2. The number of ether oxygens (including phenoxy) is 1. The molecular weight excluding hydrogens is 332 g/mol. The van der Waals surface area contributed by atoms with Gasteiger partial charge in [0.05, 0.1) is 12.8 Å². The molecule has 0 spiro atoms. The summed E-state index contributed by atoms with van der Waals surface area (Å²) in [6.45, 7) is 2.54. The van der Waals surface area contributed by atoms with E-state index in [1.807, 2.05) is 60.8 Å². The van der Waals surface area contributed by atoms with Crippen LogP contribution in [0.25, 0.3) is 10.6 Å². The fourth-order valence-electron chi connectivity index (χ4n) is 2.50. The van der Waals surface area contributed by atoms with Crippen LogP contribution in [0.4, 0.5) is 0 Å². The van der Waals surface area contributed by atoms with Crippen molar-refractivity contribution in [1.82, 2.24) is 10.3 Å². The molecule has 3 aromatic rings. The summed E-state index contributed by atoms with van der Waals surface area (Å²) in [5.41, 5.74) is 3.79. The van der Waals surface area contributed by atoms with Gasteiger partial charge in [-0.2, -0.15) is 0 Å². The molecule has 4 nitrogen and oxygen atoms in total. The van der Waals surface area contributed by atoms with Crippen LogP contribution in [-0.4, -0.2) is 24.5 Å². The van der Waals surface area contributed by atoms with Crippen molar-refractivity contribution in [1.29, 1.82) is 0 Å². The highest BCUT2D eigenvalue weighted by Gasteiger charge is 2.08. The van der Waals surface area contributed by atoms with Gasteiger partial charge in [-0.1, -0.05) is 29.8 Å². The SMILES string of the molecule is COc1cccc(-c2nc(CCNC(=O)c3cccc(C)c3)cs2)c1. The molecule has 1 heterocycles. The third kappa shape index (κ3) is 4.45. The van der Waals surface area contributed by atoms with Gasteiger partial charge in [-0.25, -0.2) is 4.98 Å². The predicted molar refractivity (Wildman–Crippen MR) is 101 cm³/mol. The number of carbonyl (C=O) groups is 1. The molecule has 0 saturated heterocycles. The first-order valence-corrected chi connectivity index (χ1v) is 8.97. The largest absolute Gasteiger partial charge is 0.497 e. The zero-order valence-corrected chi connectivity index (χ0v) is 15.1. The molecule has 2 aromatic carbocycles. The van der Waals surface area contributed by atoms with E-state index in [0.717, 1.165) is 27.6 Å². The molecule has 0 atom stereocenters. The second-order valence-corrected chi connectivity index (χ2v) is 6.61. The maximum Gasteiger partial charge on any atom is 0.251 e. The highest BCUT2D eigenvalue weighted by molar-refractivity contribution is 7.13. The third-order valence-electron chi connectivity index (χ3n) is 3.82. The van der Waals surface area contributed by atoms with Gasteiger partial charge in [-0.05, 0) is 31.2 Å². The van der Waals surface area contributed by atoms with Crippen LogP contribution < -0.4 is 10.1 Å². The molecule has 0 fully saturated rings. The molecule has 0 bridgehead atoms. The molecule has 0 aliphatic heterocycles. The molecule has 1 amide bonds. The summed E-state index contributed by atoms with van der Waals surface area (Å²) in [5.74, 6) is 0.770. The van der Waals surface area contributed by atoms with Gasteiger partial charge >= 0.3 is 0 Å². The smallest absolute Gasteiger partial charge is 0.251 e. The number of aromatic nitrogens is 1. The summed E-state index contributed by atoms with van der Waals surface area (Å²) >= 11 is 1.60. The van der Waals surface area contributed by atoms with Gasteiger partial charge in [0.1, 0.15) is 10.8 Å². The lowest BCUT2D eigenvalue weighted by Gasteiger charge is -2.05. The standard InChI is InChI=1S/C20H20N2O2S/c1-14-5-3-6-15(11-14)19(23)21-10-9-17-13-25-20(22-17)16-7-4-8-18(12-16)24-2/h3-8,11-13H,9-10H2,1-2H3,(H,21,23). The third-order valence-corrected chi connectivity index (χ3v) is 4.76. The van der Waals surface area contributed by atoms with E-state index >= 15 is 0 Å². The Balaban J connectivity index is 1.57. The molecular formula is C20H20N2O2S. The van der Waals surface area contributed by atoms with Crippen molar-refractivity contribution >= 4 is 17.2 Å². The Morgan fingerprint density at radius 1 is 1.20 bits per heavy atom. The quantitative estimate of drug-likeness (QED) is 0.727. The van der Waals surface area contributed by atoms with Gasteiger partial charge in [0, 0.05) is 29.5 Å². The summed E-state index contributed by atoms with van der Waals surface area (Å²) in [6, 6.07) is 15.4. The number of hydrogen-bond donors (Lipinski definition) is 1. The van der Waals surface area contributed by atoms with E-state index in [2.05, 4.69) is 10.3 Å². The maximum atomic E-state index is 12.1. The van der Waals surface area contributed by atoms with Crippen LogP contribution in [0.1, 0.15) is 21.6 Å². The van der Waals surface area contributed by atoms with Crippen molar-refractivity contribution in [2.24, 2.45) is 0 Å². The van der Waals surface area contributed by atoms with E-state index in [0.29, 0.717) is 18.5 Å². The monoisotopic (exact) mass is 352 g/mol. The Hall–Kier alpha value is -2.66. The minimum Gasteiger partial charge on any atom is -0.497 e. The summed E-state index contributed by atoms with van der Waals surface area (Å²) < 4.78 is 5.25. The van der Waals surface area contributed by atoms with Gasteiger partial charge in [0.15, 0.2) is 0 Å². The van der Waals surface area contributed by atoms with Crippen LogP contribution in [0, 0.1) is 6.92 Å². The first-order chi connectivity index (χ1) is 12.2. The number of rotatable bonds is 6. The average Bonchev–Trinajstić information content (AvgIpc) is 3.10. The van der Waals surface area contributed by atoms with E-state index in [-0.39, 0.29) is 5.91 Å². The number of benzene rings is 2. The zero-order valence-electron chi connectivity index (χ0n) is 14.3. The molecule has 128 valence electrons. The number of nitrogens with zero attached hydrogens (tertiary/aromatic N) is 1. The number of thiazole rings is 1. The number of nitrogens with one attached hydrogen (secondary N) is 1. The maximum absolute atomic E-state index is 12.1. The van der Waals surface area contributed by atoms with E-state index in [4.69, 9.17) is 4.74 Å². The minimum absolute atomic E-state index is 0.0491. The van der Waals surface area contributed by atoms with Crippen molar-refractivity contribution in [2.75, 3.05) is 13.7 Å². The molecule has 0 saturated carbocycles. The molecule has 0 aliphatic carbocycles. The molecule has 5 heteroatoms. The van der Waals surface area contributed by atoms with Gasteiger partial charge in [0.25, 0.3) is 5.91 Å². The van der Waals surface area contributed by atoms with Crippen molar-refractivity contribution in [3.8, 4) is 16.3 Å². The summed E-state index contributed by atoms with van der Waals surface area (Å²) in [5, 5.41) is 5.94. The summed E-state index contributed by atoms with van der Waals surface area (Å²) in [7, 11) is 1.66. The van der Waals surface area contributed by atoms with Crippen molar-refractivity contribution in [3.63, 3.8) is 0 Å². The number of aryl methyl sites for hydroxylation is 1. The zero-order chi connectivity index (χ0) is 17.6. The highest BCUT2D eigenvalue weighted by Crippen LogP contribution is 2.26. The van der Waals surface area contributed by atoms with Gasteiger partial charge in [-0.3, -0.25) is 4.79 Å². The van der Waals surface area contributed by atoms with E-state index in [1.165, 1.54) is 0 Å². The molecule has 0 unspecified atom stereocenters. The van der Waals surface area contributed by atoms with Crippen LogP contribution in [0.2, 0.25) is 0 Å². The minimum atomic E-state index is -0.0491. The molecule has 1 N–H and O–H groups in total. The van der Waals surface area contributed by atoms with Gasteiger partial charge < -0.3 is 10.1 Å². The van der Waals surface area contributed by atoms with Gasteiger partial charge in [0.2, 0.25) is 0 Å². The summed E-state index contributed by atoms with van der Waals surface area (Å²) in [6.07, 6.45) is 0.706. The molecule has 25 heavy (non-hydrogen) atoms. The van der Waals surface area contributed by atoms with Crippen LogP contribution in [0.15, 0.2) is 53.9 Å². The van der Waals surface area contributed by atoms with Crippen LogP contribution in [0.3, 0.4) is 0 Å². The van der Waals surface area contributed by atoms with Crippen molar-refractivity contribution in [2.45, 2.75) is 13.3 Å². The Bertz CT molecular complexity index is 873. The van der Waals surface area contributed by atoms with Crippen LogP contribution >= 0.6 is 11.3 Å². The average molecular weight is 352 g/mol.